The molecule has 29 heavy (non-hydrogen) atoms. The number of halogens is 4. The Balaban J connectivity index is 1.73. The maximum atomic E-state index is 13.5. The molecule has 0 aliphatic rings. The highest BCUT2D eigenvalue weighted by Gasteiger charge is 2.40. The summed E-state index contributed by atoms with van der Waals surface area (Å²) in [5.74, 6) is 0. The Morgan fingerprint density at radius 1 is 1.24 bits per heavy atom. The Morgan fingerprint density at radius 3 is 2.72 bits per heavy atom. The van der Waals surface area contributed by atoms with E-state index in [2.05, 4.69) is 15.9 Å². The molecule has 0 saturated heterocycles. The van der Waals surface area contributed by atoms with Gasteiger partial charge in [0.2, 0.25) is 0 Å². The Kier molecular flexibility index (Phi) is 6.97. The molecule has 3 N–H and O–H groups in total. The third-order valence-electron chi connectivity index (χ3n) is 4.21. The molecule has 0 fully saturated rings. The fraction of sp³-hybridized carbons (Fsp3) is 0.263. The summed E-state index contributed by atoms with van der Waals surface area (Å²) in [5, 5.41) is 1.07. The van der Waals surface area contributed by atoms with E-state index in [1.54, 1.807) is 30.5 Å². The van der Waals surface area contributed by atoms with Gasteiger partial charge in [0, 0.05) is 23.5 Å². The van der Waals surface area contributed by atoms with E-state index in [9.17, 15) is 13.2 Å². The number of fused-ring (bicyclic) bond motifs is 1. The molecule has 3 rings (SSSR count). The van der Waals surface area contributed by atoms with Crippen LogP contribution in [0.2, 0.25) is 5.02 Å². The van der Waals surface area contributed by atoms with Crippen molar-refractivity contribution in [1.82, 2.24) is 10.5 Å². The van der Waals surface area contributed by atoms with E-state index in [0.29, 0.717) is 33.2 Å². The van der Waals surface area contributed by atoms with Gasteiger partial charge in [0.05, 0.1) is 34.8 Å². The molecular formula is C19H19ClF3N3O2S. The van der Waals surface area contributed by atoms with Gasteiger partial charge in [-0.05, 0) is 36.2 Å². The fourth-order valence-electron chi connectivity index (χ4n) is 2.87. The van der Waals surface area contributed by atoms with Gasteiger partial charge in [-0.25, -0.2) is 4.28 Å². The van der Waals surface area contributed by atoms with Crippen LogP contribution >= 0.6 is 23.6 Å². The van der Waals surface area contributed by atoms with E-state index >= 15 is 0 Å². The number of aryl methyl sites for hydroxylation is 1. The molecule has 2 aromatic carbocycles. The molecule has 0 saturated carbocycles. The average Bonchev–Trinajstić information content (AvgIpc) is 3.05. The number of benzene rings is 2. The highest BCUT2D eigenvalue weighted by atomic mass is 35.5. The summed E-state index contributed by atoms with van der Waals surface area (Å²) < 4.78 is 45.8. The lowest BCUT2D eigenvalue weighted by Crippen LogP contribution is -2.42. The molecule has 0 radical (unpaired) electrons. The Morgan fingerprint density at radius 2 is 2.00 bits per heavy atom. The van der Waals surface area contributed by atoms with Crippen LogP contribution in [0.25, 0.3) is 10.9 Å². The van der Waals surface area contributed by atoms with Crippen molar-refractivity contribution in [2.45, 2.75) is 30.5 Å². The van der Waals surface area contributed by atoms with Crippen molar-refractivity contribution in [3.63, 3.8) is 0 Å². The molecular weight excluding hydrogens is 427 g/mol. The van der Waals surface area contributed by atoms with Crippen molar-refractivity contribution in [1.29, 1.82) is 0 Å². The molecule has 0 amide bonds. The number of aromatic amines is 1. The zero-order chi connectivity index (χ0) is 21.0. The minimum Gasteiger partial charge on any atom is -0.361 e. The van der Waals surface area contributed by atoms with Gasteiger partial charge >= 0.3 is 6.18 Å². The predicted octanol–water partition coefficient (Wildman–Crippen LogP) is 5.80. The lowest BCUT2D eigenvalue weighted by molar-refractivity contribution is -0.170. The number of H-pyrrole nitrogens is 1. The first-order valence-corrected chi connectivity index (χ1v) is 9.71. The minimum atomic E-state index is -4.51. The number of para-hydroxylation sites is 1. The van der Waals surface area contributed by atoms with Crippen molar-refractivity contribution in [2.75, 3.05) is 12.6 Å². The highest BCUT2D eigenvalue weighted by Crippen LogP contribution is 2.36. The first kappa shape index (κ1) is 21.8. The van der Waals surface area contributed by atoms with Gasteiger partial charge in [0.25, 0.3) is 0 Å². The number of hydrogen-bond donors (Lipinski definition) is 3. The van der Waals surface area contributed by atoms with Crippen molar-refractivity contribution in [2.24, 2.45) is 0 Å². The Hall–Kier alpha value is -1.91. The summed E-state index contributed by atoms with van der Waals surface area (Å²) >= 11 is 6.90. The van der Waals surface area contributed by atoms with Crippen LogP contribution in [0.3, 0.4) is 0 Å². The smallest absolute Gasteiger partial charge is 0.361 e. The molecule has 10 heteroatoms. The number of alkyl halides is 3. The number of hydroxylamine groups is 1. The second kappa shape index (κ2) is 9.27. The molecule has 0 bridgehead atoms. The summed E-state index contributed by atoms with van der Waals surface area (Å²) in [6.45, 7) is 1.83. The van der Waals surface area contributed by atoms with Crippen molar-refractivity contribution in [3.8, 4) is 0 Å². The van der Waals surface area contributed by atoms with Crippen LogP contribution in [0.5, 0.6) is 0 Å². The summed E-state index contributed by atoms with van der Waals surface area (Å²) in [5.41, 5.74) is 7.43. The highest BCUT2D eigenvalue weighted by molar-refractivity contribution is 7.95. The van der Waals surface area contributed by atoms with E-state index < -0.39 is 12.2 Å². The van der Waals surface area contributed by atoms with Gasteiger partial charge in [-0.15, -0.1) is 0 Å². The monoisotopic (exact) mass is 445 g/mol. The predicted molar refractivity (Wildman–Crippen MR) is 109 cm³/mol. The minimum absolute atomic E-state index is 0.293. The van der Waals surface area contributed by atoms with Crippen molar-refractivity contribution < 1.29 is 22.3 Å². The number of rotatable bonds is 8. The quantitative estimate of drug-likeness (QED) is 0.302. The van der Waals surface area contributed by atoms with E-state index in [1.807, 2.05) is 19.1 Å². The van der Waals surface area contributed by atoms with Gasteiger partial charge in [-0.3, -0.25) is 10.3 Å². The molecule has 0 spiro atoms. The van der Waals surface area contributed by atoms with Crippen molar-refractivity contribution in [3.05, 3.63) is 58.7 Å². The van der Waals surface area contributed by atoms with Gasteiger partial charge in [-0.1, -0.05) is 29.8 Å². The zero-order valence-electron chi connectivity index (χ0n) is 15.6. The van der Waals surface area contributed by atoms with Crippen LogP contribution in [-0.4, -0.2) is 24.3 Å². The number of hydrogen-bond acceptors (Lipinski definition) is 5. The first-order valence-electron chi connectivity index (χ1n) is 8.59. The van der Waals surface area contributed by atoms with E-state index in [-0.39, 0.29) is 6.42 Å². The van der Waals surface area contributed by atoms with E-state index in [0.717, 1.165) is 16.5 Å². The van der Waals surface area contributed by atoms with Crippen molar-refractivity contribution >= 4 is 40.2 Å². The molecule has 5 nitrogen and oxygen atoms in total. The maximum absolute atomic E-state index is 13.5. The van der Waals surface area contributed by atoms with Gasteiger partial charge in [-0.2, -0.15) is 18.7 Å². The van der Waals surface area contributed by atoms with Crippen LogP contribution < -0.4 is 11.0 Å². The third-order valence-corrected chi connectivity index (χ3v) is 5.41. The molecule has 0 aliphatic carbocycles. The molecule has 1 atom stereocenters. The largest absolute Gasteiger partial charge is 0.406 e. The number of anilines is 1. The van der Waals surface area contributed by atoms with Crippen LogP contribution in [0, 0.1) is 6.92 Å². The lowest BCUT2D eigenvalue weighted by atomic mass is 10.1. The summed E-state index contributed by atoms with van der Waals surface area (Å²) in [4.78, 5) is 8.27. The van der Waals surface area contributed by atoms with Crippen LogP contribution in [-0.2, 0) is 15.5 Å². The van der Waals surface area contributed by atoms with Crippen LogP contribution in [0.4, 0.5) is 18.9 Å². The van der Waals surface area contributed by atoms with E-state index in [1.165, 1.54) is 7.11 Å². The number of nitrogens with one attached hydrogen (secondary N) is 3. The first-order chi connectivity index (χ1) is 13.8. The summed E-state index contributed by atoms with van der Waals surface area (Å²) in [6, 6.07) is 8.71. The SMILES string of the molecule is CONc1cc(C)cc(Cl)c1SONC(Cc1c[nH]c2ccccc12)C(F)(F)F. The second-order valence-corrected chi connectivity index (χ2v) is 7.52. The molecule has 1 aromatic heterocycles. The zero-order valence-corrected chi connectivity index (χ0v) is 17.1. The Labute approximate surface area is 175 Å². The number of aromatic nitrogens is 1. The summed E-state index contributed by atoms with van der Waals surface area (Å²) in [7, 11) is 1.42. The molecule has 1 heterocycles. The molecule has 3 aromatic rings. The maximum Gasteiger partial charge on any atom is 0.406 e. The molecule has 0 aliphatic heterocycles. The van der Waals surface area contributed by atoms with Gasteiger partial charge in [0.1, 0.15) is 6.04 Å². The van der Waals surface area contributed by atoms with Crippen LogP contribution in [0.15, 0.2) is 47.5 Å². The fourth-order valence-corrected chi connectivity index (χ4v) is 3.81. The lowest BCUT2D eigenvalue weighted by Gasteiger charge is -2.21. The Bertz CT molecular complexity index is 981. The molecule has 156 valence electrons. The standard InChI is InChI=1S/C19H19ClF3N3O2S/c1-11-7-14(20)18(16(8-11)25-27-2)29-28-26-17(19(21,22)23)9-12-10-24-15-6-4-3-5-13(12)15/h3-8,10,17,24-26H,9H2,1-2H3. The molecule has 1 unspecified atom stereocenters. The summed E-state index contributed by atoms with van der Waals surface area (Å²) in [6.07, 6.45) is -3.22. The average molecular weight is 446 g/mol. The second-order valence-electron chi connectivity index (χ2n) is 6.37. The third kappa shape index (κ3) is 5.37. The van der Waals surface area contributed by atoms with Gasteiger partial charge in [0.15, 0.2) is 0 Å². The topological polar surface area (TPSA) is 58.3 Å². The van der Waals surface area contributed by atoms with E-state index in [4.69, 9.17) is 20.7 Å². The van der Waals surface area contributed by atoms with Crippen LogP contribution in [0.1, 0.15) is 11.1 Å². The van der Waals surface area contributed by atoms with Gasteiger partial charge < -0.3 is 4.98 Å². The normalized spacial score (nSPS) is 13.0.